The van der Waals surface area contributed by atoms with Crippen LogP contribution in [0.15, 0.2) is 18.3 Å². The number of benzene rings is 1. The number of methoxy groups -OCH3 is 3. The smallest absolute Gasteiger partial charge is 0.225 e. The first kappa shape index (κ1) is 21.3. The molecule has 3 aliphatic rings. The second-order valence-electron chi connectivity index (χ2n) is 8.93. The lowest BCUT2D eigenvalue weighted by molar-refractivity contribution is 0.153. The molecule has 3 aliphatic heterocycles. The maximum absolute atomic E-state index is 10.0. The Hall–Kier alpha value is -2.58. The van der Waals surface area contributed by atoms with E-state index in [9.17, 15) is 5.11 Å². The molecule has 2 bridgehead atoms. The first-order valence-corrected chi connectivity index (χ1v) is 11.4. The van der Waals surface area contributed by atoms with Crippen LogP contribution < -0.4 is 19.1 Å². The van der Waals surface area contributed by atoms with Crippen molar-refractivity contribution >= 4 is 5.95 Å². The van der Waals surface area contributed by atoms with Crippen molar-refractivity contribution in [3.05, 3.63) is 35.2 Å². The van der Waals surface area contributed by atoms with Gasteiger partial charge in [-0.15, -0.1) is 0 Å². The fourth-order valence-electron chi connectivity index (χ4n) is 5.58. The molecule has 4 heterocycles. The first-order valence-electron chi connectivity index (χ1n) is 11.4. The van der Waals surface area contributed by atoms with Crippen LogP contribution in [-0.2, 0) is 13.0 Å². The highest BCUT2D eigenvalue weighted by atomic mass is 16.5. The number of hydrogen-bond acceptors (Lipinski definition) is 8. The van der Waals surface area contributed by atoms with Crippen molar-refractivity contribution in [2.24, 2.45) is 0 Å². The van der Waals surface area contributed by atoms with Crippen molar-refractivity contribution in [3.8, 4) is 17.2 Å². The zero-order chi connectivity index (χ0) is 22.2. The summed E-state index contributed by atoms with van der Waals surface area (Å²) in [4.78, 5) is 14.3. The second kappa shape index (κ2) is 8.75. The lowest BCUT2D eigenvalue weighted by Gasteiger charge is -2.37. The van der Waals surface area contributed by atoms with E-state index in [0.29, 0.717) is 30.1 Å². The van der Waals surface area contributed by atoms with Crippen LogP contribution in [0.2, 0.25) is 0 Å². The number of anilines is 1. The average molecular weight is 441 g/mol. The Balaban J connectivity index is 1.40. The predicted octanol–water partition coefficient (Wildman–Crippen LogP) is 2.73. The van der Waals surface area contributed by atoms with Crippen LogP contribution >= 0.6 is 0 Å². The summed E-state index contributed by atoms with van der Waals surface area (Å²) in [7, 11) is 4.95. The van der Waals surface area contributed by atoms with Crippen LogP contribution in [0, 0.1) is 0 Å². The Kier molecular flexibility index (Phi) is 5.82. The third-order valence-electron chi connectivity index (χ3n) is 7.14. The van der Waals surface area contributed by atoms with Crippen LogP contribution in [0.25, 0.3) is 0 Å². The summed E-state index contributed by atoms with van der Waals surface area (Å²) in [6.45, 7) is 2.31. The van der Waals surface area contributed by atoms with Gasteiger partial charge >= 0.3 is 0 Å². The predicted molar refractivity (Wildman–Crippen MR) is 121 cm³/mol. The molecular weight excluding hydrogens is 408 g/mol. The van der Waals surface area contributed by atoms with E-state index in [1.807, 2.05) is 12.3 Å². The molecule has 1 aromatic heterocycles. The molecule has 0 amide bonds. The van der Waals surface area contributed by atoms with Gasteiger partial charge < -0.3 is 24.2 Å². The molecular formula is C24H32N4O4. The molecule has 1 aromatic carbocycles. The summed E-state index contributed by atoms with van der Waals surface area (Å²) >= 11 is 0. The Morgan fingerprint density at radius 2 is 1.91 bits per heavy atom. The Labute approximate surface area is 189 Å². The minimum absolute atomic E-state index is 0.286. The number of rotatable bonds is 6. The van der Waals surface area contributed by atoms with Gasteiger partial charge in [-0.1, -0.05) is 6.07 Å². The summed E-state index contributed by atoms with van der Waals surface area (Å²) in [6, 6.07) is 4.76. The highest BCUT2D eigenvalue weighted by molar-refractivity contribution is 5.56. The van der Waals surface area contributed by atoms with Gasteiger partial charge in [0.15, 0.2) is 11.5 Å². The number of ether oxygens (including phenoxy) is 3. The zero-order valence-corrected chi connectivity index (χ0v) is 19.1. The van der Waals surface area contributed by atoms with Crippen molar-refractivity contribution in [1.82, 2.24) is 14.9 Å². The van der Waals surface area contributed by atoms with Crippen molar-refractivity contribution < 1.29 is 19.3 Å². The number of aliphatic hydroxyl groups excluding tert-OH is 1. The van der Waals surface area contributed by atoms with Crippen LogP contribution in [0.3, 0.4) is 0 Å². The fourth-order valence-corrected chi connectivity index (χ4v) is 5.58. The van der Waals surface area contributed by atoms with Crippen molar-refractivity contribution in [2.75, 3.05) is 39.3 Å². The lowest BCUT2D eigenvalue weighted by atomic mass is 9.98. The second-order valence-corrected chi connectivity index (χ2v) is 8.93. The van der Waals surface area contributed by atoms with Gasteiger partial charge in [0.25, 0.3) is 0 Å². The highest BCUT2D eigenvalue weighted by Crippen LogP contribution is 2.46. The minimum atomic E-state index is -0.286. The molecule has 3 atom stereocenters. The molecule has 0 aliphatic carbocycles. The quantitative estimate of drug-likeness (QED) is 0.735. The molecule has 2 saturated heterocycles. The van der Waals surface area contributed by atoms with E-state index in [4.69, 9.17) is 24.2 Å². The molecule has 5 rings (SSSR count). The number of hydrogen-bond donors (Lipinski definition) is 1. The summed E-state index contributed by atoms with van der Waals surface area (Å²) in [5.41, 5.74) is 3.49. The summed E-state index contributed by atoms with van der Waals surface area (Å²) in [5.74, 6) is 2.79. The van der Waals surface area contributed by atoms with E-state index in [2.05, 4.69) is 15.9 Å². The van der Waals surface area contributed by atoms with Gasteiger partial charge in [-0.3, -0.25) is 4.90 Å². The van der Waals surface area contributed by atoms with E-state index < -0.39 is 0 Å². The molecule has 8 nitrogen and oxygen atoms in total. The van der Waals surface area contributed by atoms with Crippen LogP contribution in [0.1, 0.15) is 48.5 Å². The van der Waals surface area contributed by atoms with Crippen LogP contribution in [0.4, 0.5) is 5.95 Å². The topological polar surface area (TPSA) is 80.2 Å². The number of β-amino-alcohol motifs (C(OH)–C–C–N with tert-alkyl or cyclic N) is 1. The number of aliphatic hydroxyl groups is 1. The third kappa shape index (κ3) is 3.65. The minimum Gasteiger partial charge on any atom is -0.493 e. The van der Waals surface area contributed by atoms with E-state index in [1.165, 1.54) is 5.56 Å². The maximum Gasteiger partial charge on any atom is 0.225 e. The molecule has 0 spiro atoms. The zero-order valence-electron chi connectivity index (χ0n) is 19.1. The van der Waals surface area contributed by atoms with Crippen molar-refractivity contribution in [3.63, 3.8) is 0 Å². The van der Waals surface area contributed by atoms with Gasteiger partial charge in [0.05, 0.1) is 33.1 Å². The van der Waals surface area contributed by atoms with Gasteiger partial charge in [-0.05, 0) is 31.7 Å². The van der Waals surface area contributed by atoms with Crippen molar-refractivity contribution in [1.29, 1.82) is 0 Å². The number of piperidine rings is 1. The molecule has 172 valence electrons. The van der Waals surface area contributed by atoms with Crippen LogP contribution in [-0.4, -0.2) is 66.5 Å². The summed E-state index contributed by atoms with van der Waals surface area (Å²) < 4.78 is 16.7. The largest absolute Gasteiger partial charge is 0.493 e. The molecule has 1 N–H and O–H groups in total. The Morgan fingerprint density at radius 3 is 2.66 bits per heavy atom. The normalized spacial score (nSPS) is 24.9. The summed E-state index contributed by atoms with van der Waals surface area (Å²) in [6.07, 6.45) is 6.75. The van der Waals surface area contributed by atoms with Gasteiger partial charge in [0.1, 0.15) is 0 Å². The first-order chi connectivity index (χ1) is 15.6. The Bertz CT molecular complexity index is 985. The standard InChI is InChI=1S/C24H32N4O4/c1-30-21-9-6-15(22(31-2)23(21)32-3)13-28-16-7-8-20(28)18-12-25-24(26-19(18)11-16)27-10-4-5-17(29)14-27/h6,9,12,16-17,20,29H,4-5,7-8,10-11,13-14H2,1-3H3. The highest BCUT2D eigenvalue weighted by Gasteiger charge is 2.41. The molecule has 8 heteroatoms. The van der Waals surface area contributed by atoms with Gasteiger partial charge in [0, 0.05) is 55.5 Å². The van der Waals surface area contributed by atoms with Gasteiger partial charge in [0.2, 0.25) is 11.7 Å². The van der Waals surface area contributed by atoms with Gasteiger partial charge in [-0.2, -0.15) is 0 Å². The monoisotopic (exact) mass is 440 g/mol. The fraction of sp³-hybridized carbons (Fsp3) is 0.583. The molecule has 2 fully saturated rings. The SMILES string of the molecule is COc1ccc(CN2C3CCC2c2cnc(N4CCCC(O)C4)nc2C3)c(OC)c1OC. The molecule has 2 aromatic rings. The van der Waals surface area contributed by atoms with Crippen molar-refractivity contribution in [2.45, 2.75) is 56.8 Å². The number of fused-ring (bicyclic) bond motifs is 4. The molecule has 0 saturated carbocycles. The van der Waals surface area contributed by atoms with E-state index >= 15 is 0 Å². The van der Waals surface area contributed by atoms with E-state index in [-0.39, 0.29) is 6.10 Å². The van der Waals surface area contributed by atoms with E-state index in [0.717, 1.165) is 68.1 Å². The number of nitrogens with zero attached hydrogens (tertiary/aromatic N) is 4. The van der Waals surface area contributed by atoms with Crippen LogP contribution in [0.5, 0.6) is 17.2 Å². The Morgan fingerprint density at radius 1 is 1.06 bits per heavy atom. The van der Waals surface area contributed by atoms with E-state index in [1.54, 1.807) is 21.3 Å². The van der Waals surface area contributed by atoms with Gasteiger partial charge in [-0.25, -0.2) is 9.97 Å². The third-order valence-corrected chi connectivity index (χ3v) is 7.14. The lowest BCUT2D eigenvalue weighted by Crippen LogP contribution is -2.41. The number of aromatic nitrogens is 2. The molecule has 32 heavy (non-hydrogen) atoms. The molecule has 3 unspecified atom stereocenters. The maximum atomic E-state index is 10.0. The molecule has 0 radical (unpaired) electrons. The average Bonchev–Trinajstić information content (AvgIpc) is 3.09. The summed E-state index contributed by atoms with van der Waals surface area (Å²) in [5, 5.41) is 10.0.